The van der Waals surface area contributed by atoms with Gasteiger partial charge < -0.3 is 5.32 Å². The molecule has 110 valence electrons. The zero-order chi connectivity index (χ0) is 14.7. The summed E-state index contributed by atoms with van der Waals surface area (Å²) in [6, 6.07) is 10.9. The zero-order valence-electron chi connectivity index (χ0n) is 12.8. The highest BCUT2D eigenvalue weighted by molar-refractivity contribution is 5.36. The van der Waals surface area contributed by atoms with Gasteiger partial charge in [-0.1, -0.05) is 30.4 Å². The Kier molecular flexibility index (Phi) is 4.20. The van der Waals surface area contributed by atoms with Crippen LogP contribution in [0.5, 0.6) is 0 Å². The van der Waals surface area contributed by atoms with Crippen molar-refractivity contribution in [1.82, 2.24) is 15.1 Å². The predicted molar refractivity (Wildman–Crippen MR) is 86.7 cm³/mol. The van der Waals surface area contributed by atoms with Gasteiger partial charge in [-0.05, 0) is 45.2 Å². The summed E-state index contributed by atoms with van der Waals surface area (Å²) in [5.74, 6) is 0. The van der Waals surface area contributed by atoms with Gasteiger partial charge in [0.1, 0.15) is 0 Å². The third-order valence-electron chi connectivity index (χ3n) is 4.28. The predicted octanol–water partition coefficient (Wildman–Crippen LogP) is 3.69. The molecular formula is C18H23N3. The highest BCUT2D eigenvalue weighted by Gasteiger charge is 2.15. The van der Waals surface area contributed by atoms with Gasteiger partial charge in [-0.15, -0.1) is 0 Å². The molecule has 21 heavy (non-hydrogen) atoms. The molecule has 0 radical (unpaired) electrons. The van der Waals surface area contributed by atoms with E-state index >= 15 is 0 Å². The van der Waals surface area contributed by atoms with Crippen molar-refractivity contribution in [3.8, 4) is 5.69 Å². The summed E-state index contributed by atoms with van der Waals surface area (Å²) >= 11 is 0. The van der Waals surface area contributed by atoms with Gasteiger partial charge in [0.25, 0.3) is 0 Å². The molecule has 1 heterocycles. The van der Waals surface area contributed by atoms with E-state index in [1.54, 1.807) is 0 Å². The molecule has 0 fully saturated rings. The first-order valence-electron chi connectivity index (χ1n) is 7.74. The van der Waals surface area contributed by atoms with Crippen LogP contribution in [-0.2, 0) is 6.54 Å². The molecule has 0 aliphatic heterocycles. The molecule has 1 aromatic heterocycles. The van der Waals surface area contributed by atoms with Gasteiger partial charge >= 0.3 is 0 Å². The molecule has 0 amide bonds. The summed E-state index contributed by atoms with van der Waals surface area (Å²) in [5, 5.41) is 8.39. The molecule has 1 aliphatic carbocycles. The Morgan fingerprint density at radius 2 is 2.00 bits per heavy atom. The van der Waals surface area contributed by atoms with Gasteiger partial charge in [0, 0.05) is 23.8 Å². The number of nitrogens with zero attached hydrogens (tertiary/aromatic N) is 2. The summed E-state index contributed by atoms with van der Waals surface area (Å²) in [6.45, 7) is 5.16. The summed E-state index contributed by atoms with van der Waals surface area (Å²) in [4.78, 5) is 0. The number of hydrogen-bond donors (Lipinski definition) is 1. The first-order chi connectivity index (χ1) is 10.3. The summed E-state index contributed by atoms with van der Waals surface area (Å²) in [7, 11) is 0. The Balaban J connectivity index is 1.77. The number of rotatable bonds is 4. The van der Waals surface area contributed by atoms with Crippen molar-refractivity contribution in [1.29, 1.82) is 0 Å². The van der Waals surface area contributed by atoms with E-state index in [9.17, 15) is 0 Å². The second-order valence-corrected chi connectivity index (χ2v) is 5.76. The molecule has 1 unspecified atom stereocenters. The van der Waals surface area contributed by atoms with Crippen molar-refractivity contribution in [3.63, 3.8) is 0 Å². The lowest BCUT2D eigenvalue weighted by atomic mass is 10.0. The smallest absolute Gasteiger partial charge is 0.0648 e. The molecule has 2 aromatic rings. The van der Waals surface area contributed by atoms with Gasteiger partial charge in [0.05, 0.1) is 11.4 Å². The van der Waals surface area contributed by atoms with E-state index in [0.717, 1.165) is 24.3 Å². The molecule has 3 heteroatoms. The van der Waals surface area contributed by atoms with E-state index in [2.05, 4.69) is 55.6 Å². The monoisotopic (exact) mass is 281 g/mol. The maximum Gasteiger partial charge on any atom is 0.0648 e. The molecule has 0 spiro atoms. The fourth-order valence-electron chi connectivity index (χ4n) is 2.98. The highest BCUT2D eigenvalue weighted by Crippen LogP contribution is 2.19. The van der Waals surface area contributed by atoms with E-state index < -0.39 is 0 Å². The average molecular weight is 281 g/mol. The lowest BCUT2D eigenvalue weighted by molar-refractivity contribution is 0.473. The Bertz CT molecular complexity index is 625. The number of para-hydroxylation sites is 1. The summed E-state index contributed by atoms with van der Waals surface area (Å²) in [5.41, 5.74) is 4.81. The molecule has 0 saturated carbocycles. The van der Waals surface area contributed by atoms with Crippen molar-refractivity contribution in [3.05, 3.63) is 59.4 Å². The molecular weight excluding hydrogens is 258 g/mol. The molecule has 1 atom stereocenters. The van der Waals surface area contributed by atoms with Crippen molar-refractivity contribution in [2.75, 3.05) is 0 Å². The Morgan fingerprint density at radius 1 is 1.19 bits per heavy atom. The number of aryl methyl sites for hydroxylation is 1. The minimum Gasteiger partial charge on any atom is -0.309 e. The van der Waals surface area contributed by atoms with Crippen LogP contribution in [0.15, 0.2) is 42.5 Å². The molecule has 3 nitrogen and oxygen atoms in total. The third kappa shape index (κ3) is 3.08. The van der Waals surface area contributed by atoms with Crippen LogP contribution in [0.3, 0.4) is 0 Å². The number of allylic oxidation sites excluding steroid dienone is 1. The van der Waals surface area contributed by atoms with Crippen LogP contribution in [0.1, 0.15) is 36.2 Å². The molecule has 0 saturated heterocycles. The van der Waals surface area contributed by atoms with E-state index in [1.165, 1.54) is 24.1 Å². The first-order valence-corrected chi connectivity index (χ1v) is 7.74. The summed E-state index contributed by atoms with van der Waals surface area (Å²) in [6.07, 6.45) is 8.14. The second-order valence-electron chi connectivity index (χ2n) is 5.76. The van der Waals surface area contributed by atoms with Gasteiger partial charge in [0.2, 0.25) is 0 Å². The SMILES string of the molecule is Cc1nn(-c2ccccc2)c(C)c1CNC1CC=CCC1. The van der Waals surface area contributed by atoms with Gasteiger partial charge in [-0.3, -0.25) is 0 Å². The average Bonchev–Trinajstić information content (AvgIpc) is 2.82. The van der Waals surface area contributed by atoms with Crippen LogP contribution < -0.4 is 5.32 Å². The van der Waals surface area contributed by atoms with Crippen molar-refractivity contribution < 1.29 is 0 Å². The molecule has 1 N–H and O–H groups in total. The van der Waals surface area contributed by atoms with E-state index in [4.69, 9.17) is 5.10 Å². The molecule has 3 rings (SSSR count). The summed E-state index contributed by atoms with van der Waals surface area (Å²) < 4.78 is 2.05. The van der Waals surface area contributed by atoms with Crippen LogP contribution in [-0.4, -0.2) is 15.8 Å². The Labute approximate surface area is 126 Å². The van der Waals surface area contributed by atoms with E-state index in [1.807, 2.05) is 10.7 Å². The fourth-order valence-corrected chi connectivity index (χ4v) is 2.98. The van der Waals surface area contributed by atoms with E-state index in [0.29, 0.717) is 6.04 Å². The normalized spacial score (nSPS) is 18.1. The van der Waals surface area contributed by atoms with Crippen LogP contribution in [0, 0.1) is 13.8 Å². The minimum atomic E-state index is 0.605. The van der Waals surface area contributed by atoms with Crippen LogP contribution in [0.25, 0.3) is 5.69 Å². The van der Waals surface area contributed by atoms with Gasteiger partial charge in [-0.25, -0.2) is 4.68 Å². The largest absolute Gasteiger partial charge is 0.309 e. The van der Waals surface area contributed by atoms with E-state index in [-0.39, 0.29) is 0 Å². The van der Waals surface area contributed by atoms with Crippen LogP contribution in [0.2, 0.25) is 0 Å². The lowest BCUT2D eigenvalue weighted by Crippen LogP contribution is -2.29. The maximum absolute atomic E-state index is 4.71. The van der Waals surface area contributed by atoms with Crippen LogP contribution >= 0.6 is 0 Å². The molecule has 1 aromatic carbocycles. The maximum atomic E-state index is 4.71. The first kappa shape index (κ1) is 14.1. The lowest BCUT2D eigenvalue weighted by Gasteiger charge is -2.19. The molecule has 0 bridgehead atoms. The number of hydrogen-bond acceptors (Lipinski definition) is 2. The van der Waals surface area contributed by atoms with Gasteiger partial charge in [0.15, 0.2) is 0 Å². The van der Waals surface area contributed by atoms with Crippen LogP contribution in [0.4, 0.5) is 0 Å². The van der Waals surface area contributed by atoms with Crippen molar-refractivity contribution in [2.24, 2.45) is 0 Å². The van der Waals surface area contributed by atoms with Crippen molar-refractivity contribution in [2.45, 2.75) is 45.7 Å². The molecule has 1 aliphatic rings. The number of benzene rings is 1. The number of aromatic nitrogens is 2. The Hall–Kier alpha value is -1.87. The topological polar surface area (TPSA) is 29.9 Å². The van der Waals surface area contributed by atoms with Crippen molar-refractivity contribution >= 4 is 0 Å². The third-order valence-corrected chi connectivity index (χ3v) is 4.28. The number of nitrogens with one attached hydrogen (secondary N) is 1. The van der Waals surface area contributed by atoms with Gasteiger partial charge in [-0.2, -0.15) is 5.10 Å². The zero-order valence-corrected chi connectivity index (χ0v) is 12.8. The standard InChI is InChI=1S/C18H23N3/c1-14-18(13-19-16-9-5-3-6-10-16)15(2)21(20-14)17-11-7-4-8-12-17/h3-5,7-8,11-12,16,19H,6,9-10,13H2,1-2H3. The Morgan fingerprint density at radius 3 is 2.71 bits per heavy atom. The minimum absolute atomic E-state index is 0.605. The highest BCUT2D eigenvalue weighted by atomic mass is 15.3. The second kappa shape index (κ2) is 6.27. The fraction of sp³-hybridized carbons (Fsp3) is 0.389. The quantitative estimate of drug-likeness (QED) is 0.866.